The number of H-pyrrole nitrogens is 1. The van der Waals surface area contributed by atoms with Crippen molar-refractivity contribution in [3.05, 3.63) is 28.2 Å². The maximum Gasteiger partial charge on any atom is 0.410 e. The van der Waals surface area contributed by atoms with Gasteiger partial charge in [-0.1, -0.05) is 0 Å². The van der Waals surface area contributed by atoms with E-state index in [2.05, 4.69) is 9.72 Å². The molecule has 0 aliphatic carbocycles. The van der Waals surface area contributed by atoms with Crippen LogP contribution in [0.15, 0.2) is 16.9 Å². The third kappa shape index (κ3) is 1.85. The summed E-state index contributed by atoms with van der Waals surface area (Å²) >= 11 is 0. The number of hydrogen-bond donors (Lipinski definition) is 2. The van der Waals surface area contributed by atoms with Gasteiger partial charge in [-0.15, -0.1) is 0 Å². The summed E-state index contributed by atoms with van der Waals surface area (Å²) in [5.74, 6) is -0.0897. The molecule has 1 aromatic heterocycles. The molecule has 0 aliphatic heterocycles. The summed E-state index contributed by atoms with van der Waals surface area (Å²) in [4.78, 5) is 23.7. The first kappa shape index (κ1) is 8.32. The number of aromatic nitrogens is 1. The molecule has 5 nitrogen and oxygen atoms in total. The van der Waals surface area contributed by atoms with Gasteiger partial charge in [-0.25, -0.2) is 4.79 Å². The quantitative estimate of drug-likeness (QED) is 0.625. The Morgan fingerprint density at radius 1 is 1.58 bits per heavy atom. The van der Waals surface area contributed by atoms with E-state index < -0.39 is 11.7 Å². The zero-order chi connectivity index (χ0) is 9.14. The SMILES string of the molecule is Cc1ccc(OC(N)=O)c(=O)[nH]1. The number of pyridine rings is 1. The number of hydrogen-bond acceptors (Lipinski definition) is 3. The topological polar surface area (TPSA) is 85.2 Å². The molecule has 3 N–H and O–H groups in total. The van der Waals surface area contributed by atoms with Crippen LogP contribution in [0.4, 0.5) is 4.79 Å². The minimum absolute atomic E-state index is 0.0897. The van der Waals surface area contributed by atoms with Crippen LogP contribution in [0, 0.1) is 6.92 Å². The molecule has 0 aromatic carbocycles. The summed E-state index contributed by atoms with van der Waals surface area (Å²) in [6.07, 6.45) is -0.996. The van der Waals surface area contributed by atoms with Crippen LogP contribution in [0.2, 0.25) is 0 Å². The lowest BCUT2D eigenvalue weighted by atomic mass is 10.4. The van der Waals surface area contributed by atoms with E-state index in [-0.39, 0.29) is 5.75 Å². The van der Waals surface area contributed by atoms with Gasteiger partial charge in [-0.05, 0) is 19.1 Å². The van der Waals surface area contributed by atoms with E-state index in [9.17, 15) is 9.59 Å². The molecule has 12 heavy (non-hydrogen) atoms. The summed E-state index contributed by atoms with van der Waals surface area (Å²) in [6.45, 7) is 1.72. The molecule has 64 valence electrons. The van der Waals surface area contributed by atoms with Crippen LogP contribution in [0.5, 0.6) is 5.75 Å². The van der Waals surface area contributed by atoms with Gasteiger partial charge in [-0.2, -0.15) is 0 Å². The molecular formula is C7H8N2O3. The number of carbonyl (C=O) groups excluding carboxylic acids is 1. The summed E-state index contributed by atoms with van der Waals surface area (Å²) < 4.78 is 4.40. The Bertz CT molecular complexity index is 356. The Morgan fingerprint density at radius 2 is 2.25 bits per heavy atom. The molecule has 0 aliphatic rings. The summed E-state index contributed by atoms with van der Waals surface area (Å²) in [5.41, 5.74) is 4.94. The Hall–Kier alpha value is -1.78. The largest absolute Gasteiger partial charge is 0.410 e. The first-order valence-electron chi connectivity index (χ1n) is 3.27. The van der Waals surface area contributed by atoms with Gasteiger partial charge < -0.3 is 15.5 Å². The van der Waals surface area contributed by atoms with E-state index >= 15 is 0 Å². The van der Waals surface area contributed by atoms with E-state index in [4.69, 9.17) is 5.73 Å². The number of primary amides is 1. The van der Waals surface area contributed by atoms with Crippen LogP contribution in [-0.4, -0.2) is 11.1 Å². The van der Waals surface area contributed by atoms with Crippen molar-refractivity contribution in [3.63, 3.8) is 0 Å². The number of rotatable bonds is 1. The maximum atomic E-state index is 11.0. The fourth-order valence-electron chi connectivity index (χ4n) is 0.747. The lowest BCUT2D eigenvalue weighted by molar-refractivity contribution is 0.210. The van der Waals surface area contributed by atoms with Crippen LogP contribution in [0.1, 0.15) is 5.69 Å². The van der Waals surface area contributed by atoms with Crippen molar-refractivity contribution in [2.24, 2.45) is 5.73 Å². The molecule has 0 atom stereocenters. The molecule has 1 aromatic rings. The standard InChI is InChI=1S/C7H8N2O3/c1-4-2-3-5(6(10)9-4)12-7(8)11/h2-3H,1H3,(H2,8,11)(H,9,10). The molecule has 0 saturated carbocycles. The molecule has 0 fully saturated rings. The van der Waals surface area contributed by atoms with E-state index in [0.717, 1.165) is 0 Å². The fourth-order valence-corrected chi connectivity index (χ4v) is 0.747. The minimum atomic E-state index is -0.996. The van der Waals surface area contributed by atoms with Gasteiger partial charge in [0.1, 0.15) is 0 Å². The molecular weight excluding hydrogens is 160 g/mol. The Balaban J connectivity index is 3.02. The zero-order valence-electron chi connectivity index (χ0n) is 6.46. The van der Waals surface area contributed by atoms with E-state index in [1.165, 1.54) is 6.07 Å². The number of aromatic amines is 1. The second-order valence-electron chi connectivity index (χ2n) is 2.26. The predicted octanol–water partition coefficient (Wildman–Crippen LogP) is 0.141. The number of carbonyl (C=O) groups is 1. The second kappa shape index (κ2) is 3.08. The fraction of sp³-hybridized carbons (Fsp3) is 0.143. The zero-order valence-corrected chi connectivity index (χ0v) is 6.46. The third-order valence-electron chi connectivity index (χ3n) is 1.23. The van der Waals surface area contributed by atoms with E-state index in [0.29, 0.717) is 5.69 Å². The highest BCUT2D eigenvalue weighted by Crippen LogP contribution is 2.01. The molecule has 0 saturated heterocycles. The maximum absolute atomic E-state index is 11.0. The first-order valence-corrected chi connectivity index (χ1v) is 3.27. The number of ether oxygens (including phenoxy) is 1. The van der Waals surface area contributed by atoms with Crippen molar-refractivity contribution in [2.45, 2.75) is 6.92 Å². The smallest absolute Gasteiger partial charge is 0.405 e. The summed E-state index contributed by atoms with van der Waals surface area (Å²) in [6, 6.07) is 3.00. The van der Waals surface area contributed by atoms with Gasteiger partial charge in [0, 0.05) is 5.69 Å². The number of nitrogens with one attached hydrogen (secondary N) is 1. The average Bonchev–Trinajstić information content (AvgIpc) is 1.94. The lowest BCUT2D eigenvalue weighted by Crippen LogP contribution is -2.21. The first-order chi connectivity index (χ1) is 5.59. The molecule has 0 spiro atoms. The van der Waals surface area contributed by atoms with Crippen LogP contribution in [-0.2, 0) is 0 Å². The monoisotopic (exact) mass is 168 g/mol. The van der Waals surface area contributed by atoms with Crippen molar-refractivity contribution >= 4 is 6.09 Å². The van der Waals surface area contributed by atoms with Gasteiger partial charge in [0.25, 0.3) is 5.56 Å². The van der Waals surface area contributed by atoms with Gasteiger partial charge in [0.15, 0.2) is 5.75 Å². The summed E-state index contributed by atoms with van der Waals surface area (Å²) in [7, 11) is 0. The molecule has 0 radical (unpaired) electrons. The van der Waals surface area contributed by atoms with Gasteiger partial charge >= 0.3 is 6.09 Å². The highest BCUT2D eigenvalue weighted by atomic mass is 16.5. The van der Waals surface area contributed by atoms with E-state index in [1.807, 2.05) is 0 Å². The van der Waals surface area contributed by atoms with Gasteiger partial charge in [-0.3, -0.25) is 4.79 Å². The Labute approximate surface area is 68.2 Å². The molecule has 0 unspecified atom stereocenters. The van der Waals surface area contributed by atoms with Crippen LogP contribution >= 0.6 is 0 Å². The third-order valence-corrected chi connectivity index (χ3v) is 1.23. The minimum Gasteiger partial charge on any atom is -0.405 e. The lowest BCUT2D eigenvalue weighted by Gasteiger charge is -1.98. The van der Waals surface area contributed by atoms with Crippen LogP contribution in [0.3, 0.4) is 0 Å². The molecule has 5 heteroatoms. The summed E-state index contributed by atoms with van der Waals surface area (Å²) in [5, 5.41) is 0. The number of aryl methyl sites for hydroxylation is 1. The van der Waals surface area contributed by atoms with E-state index in [1.54, 1.807) is 13.0 Å². The van der Waals surface area contributed by atoms with Crippen molar-refractivity contribution in [2.75, 3.05) is 0 Å². The second-order valence-corrected chi connectivity index (χ2v) is 2.26. The Morgan fingerprint density at radius 3 is 2.75 bits per heavy atom. The number of amides is 1. The van der Waals surface area contributed by atoms with Crippen LogP contribution in [0.25, 0.3) is 0 Å². The van der Waals surface area contributed by atoms with Crippen molar-refractivity contribution in [1.29, 1.82) is 0 Å². The highest BCUT2D eigenvalue weighted by Gasteiger charge is 2.02. The Kier molecular flexibility index (Phi) is 2.14. The van der Waals surface area contributed by atoms with Crippen molar-refractivity contribution in [1.82, 2.24) is 4.98 Å². The predicted molar refractivity (Wildman–Crippen MR) is 42.0 cm³/mol. The number of nitrogens with two attached hydrogens (primary N) is 1. The molecule has 1 heterocycles. The van der Waals surface area contributed by atoms with Gasteiger partial charge in [0.2, 0.25) is 0 Å². The van der Waals surface area contributed by atoms with Crippen molar-refractivity contribution in [3.8, 4) is 5.75 Å². The van der Waals surface area contributed by atoms with Gasteiger partial charge in [0.05, 0.1) is 0 Å². The highest BCUT2D eigenvalue weighted by molar-refractivity contribution is 5.67. The normalized spacial score (nSPS) is 9.42. The molecule has 1 amide bonds. The molecule has 1 rings (SSSR count). The van der Waals surface area contributed by atoms with Crippen LogP contribution < -0.4 is 16.0 Å². The average molecular weight is 168 g/mol. The van der Waals surface area contributed by atoms with Crippen molar-refractivity contribution < 1.29 is 9.53 Å². The molecule has 0 bridgehead atoms.